The summed E-state index contributed by atoms with van der Waals surface area (Å²) in [5.41, 5.74) is 2.94. The van der Waals surface area contributed by atoms with Crippen molar-refractivity contribution in [1.82, 2.24) is 4.98 Å². The average molecular weight is 306 g/mol. The SMILES string of the molecule is CON=CCCc1nc(-c2ccccc2)c(-c2ccccc2)o1. The molecule has 0 N–H and O–H groups in total. The van der Waals surface area contributed by atoms with Crippen molar-refractivity contribution < 1.29 is 9.25 Å². The van der Waals surface area contributed by atoms with E-state index in [2.05, 4.69) is 15.0 Å². The maximum absolute atomic E-state index is 6.02. The zero-order valence-corrected chi connectivity index (χ0v) is 13.0. The number of oxazole rings is 1. The largest absolute Gasteiger partial charge is 0.440 e. The van der Waals surface area contributed by atoms with Crippen LogP contribution in [0, 0.1) is 0 Å². The first-order valence-electron chi connectivity index (χ1n) is 7.54. The molecule has 0 aliphatic rings. The Bertz CT molecular complexity index is 708. The van der Waals surface area contributed by atoms with Crippen molar-refractivity contribution in [1.29, 1.82) is 0 Å². The molecule has 2 aromatic carbocycles. The molecule has 0 spiro atoms. The second-order valence-electron chi connectivity index (χ2n) is 5.03. The van der Waals surface area contributed by atoms with Gasteiger partial charge in [-0.1, -0.05) is 65.8 Å². The van der Waals surface area contributed by atoms with Crippen LogP contribution in [0.25, 0.3) is 22.6 Å². The Kier molecular flexibility index (Phi) is 4.84. The normalized spacial score (nSPS) is 11.0. The van der Waals surface area contributed by atoms with Gasteiger partial charge in [0, 0.05) is 23.8 Å². The van der Waals surface area contributed by atoms with Crippen molar-refractivity contribution in [3.63, 3.8) is 0 Å². The Hall–Kier alpha value is -2.88. The fraction of sp³-hybridized carbons (Fsp3) is 0.158. The van der Waals surface area contributed by atoms with Crippen LogP contribution in [0.5, 0.6) is 0 Å². The van der Waals surface area contributed by atoms with E-state index in [0.29, 0.717) is 12.3 Å². The van der Waals surface area contributed by atoms with E-state index in [-0.39, 0.29) is 0 Å². The van der Waals surface area contributed by atoms with Crippen molar-refractivity contribution in [2.45, 2.75) is 12.8 Å². The lowest BCUT2D eigenvalue weighted by molar-refractivity contribution is 0.214. The van der Waals surface area contributed by atoms with Crippen molar-refractivity contribution in [2.24, 2.45) is 5.16 Å². The van der Waals surface area contributed by atoms with E-state index >= 15 is 0 Å². The smallest absolute Gasteiger partial charge is 0.195 e. The molecule has 0 saturated carbocycles. The highest BCUT2D eigenvalue weighted by molar-refractivity contribution is 5.76. The summed E-state index contributed by atoms with van der Waals surface area (Å²) in [4.78, 5) is 9.35. The molecule has 4 heteroatoms. The van der Waals surface area contributed by atoms with Crippen LogP contribution < -0.4 is 0 Å². The Morgan fingerprint density at radius 3 is 2.30 bits per heavy atom. The van der Waals surface area contributed by atoms with Crippen molar-refractivity contribution >= 4 is 6.21 Å². The van der Waals surface area contributed by atoms with Crippen LogP contribution in [-0.4, -0.2) is 18.3 Å². The Morgan fingerprint density at radius 1 is 1.00 bits per heavy atom. The van der Waals surface area contributed by atoms with Crippen LogP contribution >= 0.6 is 0 Å². The Balaban J connectivity index is 1.96. The van der Waals surface area contributed by atoms with Gasteiger partial charge in [0.15, 0.2) is 11.7 Å². The van der Waals surface area contributed by atoms with Gasteiger partial charge in [0.25, 0.3) is 0 Å². The predicted octanol–water partition coefficient (Wildman–Crippen LogP) is 4.57. The van der Waals surface area contributed by atoms with E-state index in [1.54, 1.807) is 6.21 Å². The Morgan fingerprint density at radius 2 is 1.65 bits per heavy atom. The van der Waals surface area contributed by atoms with Gasteiger partial charge in [-0.3, -0.25) is 0 Å². The molecule has 0 fully saturated rings. The molecule has 116 valence electrons. The third-order valence-electron chi connectivity index (χ3n) is 3.42. The maximum atomic E-state index is 6.02. The van der Waals surface area contributed by atoms with Crippen LogP contribution in [0.15, 0.2) is 70.2 Å². The van der Waals surface area contributed by atoms with E-state index in [1.165, 1.54) is 7.11 Å². The van der Waals surface area contributed by atoms with Gasteiger partial charge in [-0.25, -0.2) is 4.98 Å². The topological polar surface area (TPSA) is 47.6 Å². The van der Waals surface area contributed by atoms with Crippen molar-refractivity contribution in [3.05, 3.63) is 66.6 Å². The summed E-state index contributed by atoms with van der Waals surface area (Å²) in [6.45, 7) is 0. The van der Waals surface area contributed by atoms with E-state index in [1.807, 2.05) is 60.7 Å². The molecular formula is C19H18N2O2. The number of nitrogens with zero attached hydrogens (tertiary/aromatic N) is 2. The number of aryl methyl sites for hydroxylation is 1. The van der Waals surface area contributed by atoms with Gasteiger partial charge in [-0.2, -0.15) is 0 Å². The lowest BCUT2D eigenvalue weighted by Gasteiger charge is -2.00. The van der Waals surface area contributed by atoms with Crippen LogP contribution in [0.1, 0.15) is 12.3 Å². The summed E-state index contributed by atoms with van der Waals surface area (Å²) in [5.74, 6) is 1.50. The van der Waals surface area contributed by atoms with Gasteiger partial charge in [-0.15, -0.1) is 0 Å². The summed E-state index contributed by atoms with van der Waals surface area (Å²) in [7, 11) is 1.53. The minimum absolute atomic E-state index is 0.680. The minimum Gasteiger partial charge on any atom is -0.440 e. The minimum atomic E-state index is 0.680. The van der Waals surface area contributed by atoms with Crippen molar-refractivity contribution in [2.75, 3.05) is 7.11 Å². The Labute approximate surface area is 135 Å². The van der Waals surface area contributed by atoms with Crippen LogP contribution in [0.3, 0.4) is 0 Å². The molecule has 3 aromatic rings. The predicted molar refractivity (Wildman–Crippen MR) is 91.2 cm³/mol. The van der Waals surface area contributed by atoms with E-state index in [9.17, 15) is 0 Å². The highest BCUT2D eigenvalue weighted by Crippen LogP contribution is 2.32. The van der Waals surface area contributed by atoms with E-state index in [0.717, 1.165) is 29.0 Å². The summed E-state index contributed by atoms with van der Waals surface area (Å²) in [6, 6.07) is 20.1. The van der Waals surface area contributed by atoms with Gasteiger partial charge < -0.3 is 9.25 Å². The number of hydrogen-bond donors (Lipinski definition) is 0. The van der Waals surface area contributed by atoms with Crippen LogP contribution in [0.2, 0.25) is 0 Å². The van der Waals surface area contributed by atoms with Gasteiger partial charge in [0.05, 0.1) is 0 Å². The third kappa shape index (κ3) is 3.66. The monoisotopic (exact) mass is 306 g/mol. The fourth-order valence-electron chi connectivity index (χ4n) is 2.36. The highest BCUT2D eigenvalue weighted by atomic mass is 16.6. The molecule has 1 heterocycles. The number of rotatable bonds is 6. The number of oxime groups is 1. The molecule has 0 saturated heterocycles. The molecule has 3 rings (SSSR count). The number of aromatic nitrogens is 1. The highest BCUT2D eigenvalue weighted by Gasteiger charge is 2.16. The summed E-state index contributed by atoms with van der Waals surface area (Å²) in [6.07, 6.45) is 3.12. The maximum Gasteiger partial charge on any atom is 0.195 e. The molecule has 0 aliphatic carbocycles. The molecule has 0 bridgehead atoms. The number of hydrogen-bond acceptors (Lipinski definition) is 4. The van der Waals surface area contributed by atoms with Crippen LogP contribution in [0.4, 0.5) is 0 Å². The molecule has 0 amide bonds. The molecule has 0 unspecified atom stereocenters. The molecule has 1 aromatic heterocycles. The molecule has 4 nitrogen and oxygen atoms in total. The van der Waals surface area contributed by atoms with E-state index < -0.39 is 0 Å². The number of benzene rings is 2. The van der Waals surface area contributed by atoms with Gasteiger partial charge in [-0.05, 0) is 6.42 Å². The second-order valence-corrected chi connectivity index (χ2v) is 5.03. The molecule has 0 atom stereocenters. The molecule has 23 heavy (non-hydrogen) atoms. The first-order valence-corrected chi connectivity index (χ1v) is 7.54. The second kappa shape index (κ2) is 7.40. The summed E-state index contributed by atoms with van der Waals surface area (Å²) in [5, 5.41) is 3.74. The van der Waals surface area contributed by atoms with Gasteiger partial charge >= 0.3 is 0 Å². The molecule has 0 aliphatic heterocycles. The first kappa shape index (κ1) is 15.0. The summed E-state index contributed by atoms with van der Waals surface area (Å²) >= 11 is 0. The van der Waals surface area contributed by atoms with Gasteiger partial charge in [0.2, 0.25) is 0 Å². The van der Waals surface area contributed by atoms with Crippen molar-refractivity contribution in [3.8, 4) is 22.6 Å². The first-order chi connectivity index (χ1) is 11.4. The van der Waals surface area contributed by atoms with Gasteiger partial charge in [0.1, 0.15) is 12.8 Å². The lowest BCUT2D eigenvalue weighted by Crippen LogP contribution is -1.87. The fourth-order valence-corrected chi connectivity index (χ4v) is 2.36. The lowest BCUT2D eigenvalue weighted by atomic mass is 10.1. The van der Waals surface area contributed by atoms with Crippen LogP contribution in [-0.2, 0) is 11.3 Å². The zero-order chi connectivity index (χ0) is 15.9. The third-order valence-corrected chi connectivity index (χ3v) is 3.42. The zero-order valence-electron chi connectivity index (χ0n) is 13.0. The quantitative estimate of drug-likeness (QED) is 0.495. The summed E-state index contributed by atoms with van der Waals surface area (Å²) < 4.78 is 6.02. The molecule has 0 radical (unpaired) electrons. The average Bonchev–Trinajstić information content (AvgIpc) is 3.05. The molecular weight excluding hydrogens is 288 g/mol. The standard InChI is InChI=1S/C19H18N2O2/c1-22-20-14-8-13-17-21-18(15-9-4-2-5-10-15)19(23-17)16-11-6-3-7-12-16/h2-7,9-12,14H,8,13H2,1H3. The van der Waals surface area contributed by atoms with E-state index in [4.69, 9.17) is 4.42 Å².